The third-order valence-corrected chi connectivity index (χ3v) is 3.54. The smallest absolute Gasteiger partial charge is 0.324 e. The number of quaternary nitrogens is 1. The summed E-state index contributed by atoms with van der Waals surface area (Å²) >= 11 is 0. The second-order valence-corrected chi connectivity index (χ2v) is 4.89. The summed E-state index contributed by atoms with van der Waals surface area (Å²) in [6, 6.07) is -0.227. The molecule has 2 saturated heterocycles. The van der Waals surface area contributed by atoms with Crippen molar-refractivity contribution in [2.45, 2.75) is 19.8 Å². The molecule has 2 fully saturated rings. The normalized spacial score (nSPS) is 30.3. The molecule has 2 heterocycles. The van der Waals surface area contributed by atoms with Crippen LogP contribution in [0.3, 0.4) is 0 Å². The lowest BCUT2D eigenvalue weighted by Crippen LogP contribution is -3.14. The summed E-state index contributed by atoms with van der Waals surface area (Å²) in [5.41, 5.74) is 0. The number of nitrogens with zero attached hydrogens (tertiary/aromatic N) is 1. The maximum absolute atomic E-state index is 11.8. The van der Waals surface area contributed by atoms with E-state index in [1.165, 1.54) is 22.6 Å². The van der Waals surface area contributed by atoms with Crippen LogP contribution in [0.25, 0.3) is 0 Å². The molecular formula is C11H20N3O2+. The average Bonchev–Trinajstić information content (AvgIpc) is 2.68. The number of imide groups is 1. The zero-order chi connectivity index (χ0) is 11.5. The van der Waals surface area contributed by atoms with Crippen molar-refractivity contribution >= 4 is 11.9 Å². The van der Waals surface area contributed by atoms with Crippen LogP contribution in [0.2, 0.25) is 0 Å². The van der Waals surface area contributed by atoms with Crippen molar-refractivity contribution in [3.8, 4) is 0 Å². The Hall–Kier alpha value is -1.10. The number of hydrogen-bond acceptors (Lipinski definition) is 2. The highest BCUT2D eigenvalue weighted by molar-refractivity contribution is 5.96. The Morgan fingerprint density at radius 1 is 1.50 bits per heavy atom. The molecule has 0 atom stereocenters. The van der Waals surface area contributed by atoms with Gasteiger partial charge in [-0.1, -0.05) is 6.92 Å². The lowest BCUT2D eigenvalue weighted by Gasteiger charge is -2.27. The van der Waals surface area contributed by atoms with E-state index >= 15 is 0 Å². The van der Waals surface area contributed by atoms with E-state index in [1.54, 1.807) is 0 Å². The van der Waals surface area contributed by atoms with Gasteiger partial charge >= 0.3 is 6.03 Å². The quantitative estimate of drug-likeness (QED) is 0.625. The zero-order valence-electron chi connectivity index (χ0n) is 9.79. The van der Waals surface area contributed by atoms with E-state index in [-0.39, 0.29) is 11.9 Å². The number of likely N-dealkylation sites (tertiary alicyclic amines) is 1. The van der Waals surface area contributed by atoms with E-state index in [0.717, 1.165) is 19.0 Å². The third kappa shape index (κ3) is 2.52. The fourth-order valence-corrected chi connectivity index (χ4v) is 2.37. The van der Waals surface area contributed by atoms with Gasteiger partial charge in [-0.05, 0) is 18.8 Å². The Morgan fingerprint density at radius 3 is 2.75 bits per heavy atom. The summed E-state index contributed by atoms with van der Waals surface area (Å²) in [6.07, 6.45) is 2.38. The molecule has 5 heteroatoms. The minimum absolute atomic E-state index is 0.0282. The first-order chi connectivity index (χ1) is 7.66. The molecule has 2 aliphatic rings. The Balaban J connectivity index is 1.81. The third-order valence-electron chi connectivity index (χ3n) is 3.54. The highest BCUT2D eigenvalue weighted by atomic mass is 16.2. The number of amides is 3. The Morgan fingerprint density at radius 2 is 2.19 bits per heavy atom. The van der Waals surface area contributed by atoms with Crippen molar-refractivity contribution in [3.63, 3.8) is 0 Å². The van der Waals surface area contributed by atoms with Gasteiger partial charge in [-0.3, -0.25) is 9.69 Å². The van der Waals surface area contributed by atoms with Crippen LogP contribution < -0.4 is 10.2 Å². The SMILES string of the molecule is CC1CC[NH+](CC(=O)N2CCNC2=O)CC1. The second-order valence-electron chi connectivity index (χ2n) is 4.89. The fourth-order valence-electron chi connectivity index (χ4n) is 2.37. The van der Waals surface area contributed by atoms with Gasteiger partial charge in [0.2, 0.25) is 0 Å². The Labute approximate surface area is 95.8 Å². The van der Waals surface area contributed by atoms with E-state index in [9.17, 15) is 9.59 Å². The fraction of sp³-hybridized carbons (Fsp3) is 0.818. The molecule has 0 aromatic heterocycles. The van der Waals surface area contributed by atoms with E-state index in [4.69, 9.17) is 0 Å². The molecule has 0 radical (unpaired) electrons. The van der Waals surface area contributed by atoms with Gasteiger partial charge in [0.15, 0.2) is 6.54 Å². The van der Waals surface area contributed by atoms with Crippen LogP contribution >= 0.6 is 0 Å². The molecule has 2 N–H and O–H groups in total. The van der Waals surface area contributed by atoms with E-state index in [2.05, 4.69) is 12.2 Å². The first-order valence-corrected chi connectivity index (χ1v) is 6.08. The monoisotopic (exact) mass is 226 g/mol. The second kappa shape index (κ2) is 4.82. The highest BCUT2D eigenvalue weighted by Gasteiger charge is 2.30. The number of nitrogens with one attached hydrogen (secondary N) is 2. The number of piperidine rings is 1. The van der Waals surface area contributed by atoms with E-state index in [1.807, 2.05) is 0 Å². The van der Waals surface area contributed by atoms with Gasteiger partial charge in [-0.15, -0.1) is 0 Å². The number of carbonyl (C=O) groups excluding carboxylic acids is 2. The largest absolute Gasteiger partial charge is 0.336 e. The maximum Gasteiger partial charge on any atom is 0.324 e. The molecule has 3 amide bonds. The standard InChI is InChI=1S/C11H19N3O2/c1-9-2-5-13(6-3-9)8-10(15)14-7-4-12-11(14)16/h9H,2-8H2,1H3,(H,12,16)/p+1. The molecule has 0 aliphatic carbocycles. The molecule has 0 aromatic carbocycles. The van der Waals surface area contributed by atoms with Crippen LogP contribution in [-0.4, -0.2) is 49.6 Å². The predicted molar refractivity (Wildman–Crippen MR) is 59.1 cm³/mol. The molecule has 16 heavy (non-hydrogen) atoms. The van der Waals surface area contributed by atoms with Crippen LogP contribution in [0.1, 0.15) is 19.8 Å². The maximum atomic E-state index is 11.8. The molecule has 90 valence electrons. The van der Waals surface area contributed by atoms with Gasteiger partial charge in [-0.25, -0.2) is 4.79 Å². The Bertz CT molecular complexity index is 285. The van der Waals surface area contributed by atoms with Crippen molar-refractivity contribution in [1.29, 1.82) is 0 Å². The van der Waals surface area contributed by atoms with E-state index in [0.29, 0.717) is 19.6 Å². The van der Waals surface area contributed by atoms with Crippen LogP contribution in [0.5, 0.6) is 0 Å². The minimum Gasteiger partial charge on any atom is -0.336 e. The van der Waals surface area contributed by atoms with E-state index < -0.39 is 0 Å². The highest BCUT2D eigenvalue weighted by Crippen LogP contribution is 2.06. The summed E-state index contributed by atoms with van der Waals surface area (Å²) in [6.45, 7) is 5.97. The predicted octanol–water partition coefficient (Wildman–Crippen LogP) is -1.15. The van der Waals surface area contributed by atoms with Crippen molar-refractivity contribution in [3.05, 3.63) is 0 Å². The molecule has 2 rings (SSSR count). The van der Waals surface area contributed by atoms with Crippen molar-refractivity contribution in [1.82, 2.24) is 10.2 Å². The average molecular weight is 226 g/mol. The van der Waals surface area contributed by atoms with Gasteiger partial charge in [0, 0.05) is 13.1 Å². The molecular weight excluding hydrogens is 206 g/mol. The topological polar surface area (TPSA) is 53.9 Å². The molecule has 0 unspecified atom stereocenters. The molecule has 0 saturated carbocycles. The van der Waals surface area contributed by atoms with Gasteiger partial charge in [0.05, 0.1) is 13.1 Å². The first kappa shape index (κ1) is 11.4. The van der Waals surface area contributed by atoms with Crippen molar-refractivity contribution < 1.29 is 14.5 Å². The van der Waals surface area contributed by atoms with Gasteiger partial charge in [-0.2, -0.15) is 0 Å². The lowest BCUT2D eigenvalue weighted by atomic mass is 9.99. The number of urea groups is 1. The van der Waals surface area contributed by atoms with Crippen LogP contribution in [0.4, 0.5) is 4.79 Å². The van der Waals surface area contributed by atoms with Gasteiger partial charge in [0.1, 0.15) is 0 Å². The number of rotatable bonds is 2. The number of carbonyl (C=O) groups is 2. The molecule has 0 bridgehead atoms. The molecule has 2 aliphatic heterocycles. The molecule has 0 spiro atoms. The van der Waals surface area contributed by atoms with Crippen molar-refractivity contribution in [2.24, 2.45) is 5.92 Å². The zero-order valence-corrected chi connectivity index (χ0v) is 9.79. The summed E-state index contributed by atoms with van der Waals surface area (Å²) in [5, 5.41) is 2.65. The first-order valence-electron chi connectivity index (χ1n) is 6.08. The minimum atomic E-state index is -0.227. The molecule has 5 nitrogen and oxygen atoms in total. The van der Waals surface area contributed by atoms with Crippen LogP contribution in [0.15, 0.2) is 0 Å². The van der Waals surface area contributed by atoms with Gasteiger partial charge in [0.25, 0.3) is 5.91 Å². The van der Waals surface area contributed by atoms with Gasteiger partial charge < -0.3 is 10.2 Å². The molecule has 0 aromatic rings. The number of hydrogen-bond donors (Lipinski definition) is 2. The summed E-state index contributed by atoms with van der Waals surface area (Å²) in [4.78, 5) is 25.8. The summed E-state index contributed by atoms with van der Waals surface area (Å²) in [7, 11) is 0. The Kier molecular flexibility index (Phi) is 3.43. The summed E-state index contributed by atoms with van der Waals surface area (Å²) in [5.74, 6) is 0.758. The van der Waals surface area contributed by atoms with Crippen LogP contribution in [0, 0.1) is 5.92 Å². The van der Waals surface area contributed by atoms with Crippen molar-refractivity contribution in [2.75, 3.05) is 32.7 Å². The summed E-state index contributed by atoms with van der Waals surface area (Å²) < 4.78 is 0. The lowest BCUT2D eigenvalue weighted by molar-refractivity contribution is -0.898. The van der Waals surface area contributed by atoms with Crippen LogP contribution in [-0.2, 0) is 4.79 Å².